The summed E-state index contributed by atoms with van der Waals surface area (Å²) in [6.07, 6.45) is 0. The van der Waals surface area contributed by atoms with Gasteiger partial charge in [0.05, 0.1) is 28.1 Å². The van der Waals surface area contributed by atoms with Crippen LogP contribution in [-0.4, -0.2) is 21.6 Å². The van der Waals surface area contributed by atoms with Gasteiger partial charge in [-0.1, -0.05) is 18.2 Å². The Morgan fingerprint density at radius 1 is 1.19 bits per heavy atom. The first-order valence-electron chi connectivity index (χ1n) is 8.24. The normalized spacial score (nSPS) is 13.5. The molecule has 2 atom stereocenters. The van der Waals surface area contributed by atoms with E-state index >= 15 is 0 Å². The number of halogens is 2. The monoisotopic (exact) mass is 375 g/mol. The van der Waals surface area contributed by atoms with Crippen molar-refractivity contribution in [2.24, 2.45) is 0 Å². The summed E-state index contributed by atoms with van der Waals surface area (Å²) in [6.45, 7) is 3.71. The van der Waals surface area contributed by atoms with Gasteiger partial charge in [0.15, 0.2) is 11.6 Å². The number of nitrogens with zero attached hydrogens (tertiary/aromatic N) is 1. The Hall–Kier alpha value is -2.41. The van der Waals surface area contributed by atoms with Gasteiger partial charge in [-0.3, -0.25) is 4.79 Å². The highest BCUT2D eigenvalue weighted by atomic mass is 32.2. The number of nitrogens with one attached hydrogen (secondary N) is 2. The second-order valence-electron chi connectivity index (χ2n) is 6.06. The van der Waals surface area contributed by atoms with Crippen LogP contribution < -0.4 is 5.32 Å². The van der Waals surface area contributed by atoms with Crippen molar-refractivity contribution < 1.29 is 13.6 Å². The Balaban J connectivity index is 1.55. The van der Waals surface area contributed by atoms with Gasteiger partial charge in [0.25, 0.3) is 0 Å². The van der Waals surface area contributed by atoms with Crippen molar-refractivity contribution in [2.45, 2.75) is 25.1 Å². The van der Waals surface area contributed by atoms with Crippen LogP contribution >= 0.6 is 11.8 Å². The first-order chi connectivity index (χ1) is 12.4. The Bertz CT molecular complexity index is 895. The van der Waals surface area contributed by atoms with Crippen molar-refractivity contribution in [2.75, 3.05) is 5.75 Å². The van der Waals surface area contributed by atoms with Gasteiger partial charge in [0, 0.05) is 0 Å². The fourth-order valence-corrected chi connectivity index (χ4v) is 3.35. The maximum atomic E-state index is 13.3. The molecular weight excluding hydrogens is 356 g/mol. The number of amides is 1. The lowest BCUT2D eigenvalue weighted by Crippen LogP contribution is -2.28. The number of imidazole rings is 1. The zero-order chi connectivity index (χ0) is 18.7. The molecule has 0 saturated carbocycles. The van der Waals surface area contributed by atoms with Crippen LogP contribution in [0.3, 0.4) is 0 Å². The number of aromatic amines is 1. The van der Waals surface area contributed by atoms with E-state index in [4.69, 9.17) is 0 Å². The molecule has 0 aliphatic carbocycles. The molecule has 1 amide bonds. The molecule has 2 unspecified atom stereocenters. The van der Waals surface area contributed by atoms with E-state index in [0.717, 1.165) is 29.0 Å². The van der Waals surface area contributed by atoms with E-state index in [1.54, 1.807) is 6.92 Å². The topological polar surface area (TPSA) is 57.8 Å². The molecule has 3 aromatic rings. The number of benzene rings is 2. The maximum absolute atomic E-state index is 13.3. The van der Waals surface area contributed by atoms with E-state index in [-0.39, 0.29) is 16.9 Å². The van der Waals surface area contributed by atoms with Gasteiger partial charge in [-0.2, -0.15) is 0 Å². The number of para-hydroxylation sites is 2. The number of fused-ring (bicyclic) bond motifs is 1. The molecule has 4 nitrogen and oxygen atoms in total. The van der Waals surface area contributed by atoms with Crippen LogP contribution in [-0.2, 0) is 4.79 Å². The molecule has 1 aromatic heterocycles. The van der Waals surface area contributed by atoms with Crippen LogP contribution in [0, 0.1) is 11.6 Å². The minimum atomic E-state index is -0.920. The molecule has 26 heavy (non-hydrogen) atoms. The van der Waals surface area contributed by atoms with Gasteiger partial charge >= 0.3 is 0 Å². The first kappa shape index (κ1) is 18.4. The molecule has 1 heterocycles. The SMILES string of the molecule is CC(NC(=O)CSC(C)c1nc2ccccc2[nH]1)c1ccc(F)c(F)c1. The summed E-state index contributed by atoms with van der Waals surface area (Å²) in [7, 11) is 0. The quantitative estimate of drug-likeness (QED) is 0.666. The van der Waals surface area contributed by atoms with Gasteiger partial charge in [-0.15, -0.1) is 11.8 Å². The summed E-state index contributed by atoms with van der Waals surface area (Å²) in [5, 5.41) is 2.82. The van der Waals surface area contributed by atoms with Crippen LogP contribution in [0.4, 0.5) is 8.78 Å². The zero-order valence-electron chi connectivity index (χ0n) is 14.4. The van der Waals surface area contributed by atoms with Crippen molar-refractivity contribution in [3.8, 4) is 0 Å². The number of thioether (sulfide) groups is 1. The number of hydrogen-bond donors (Lipinski definition) is 2. The molecule has 0 saturated heterocycles. The average molecular weight is 375 g/mol. The standard InChI is InChI=1S/C19H19F2N3OS/c1-11(13-7-8-14(20)15(21)9-13)22-18(25)10-26-12(2)19-23-16-5-3-4-6-17(16)24-19/h3-9,11-12H,10H2,1-2H3,(H,22,25)(H,23,24). The molecule has 2 aromatic carbocycles. The highest BCUT2D eigenvalue weighted by Crippen LogP contribution is 2.27. The Morgan fingerprint density at radius 2 is 1.96 bits per heavy atom. The van der Waals surface area contributed by atoms with Crippen molar-refractivity contribution in [3.05, 3.63) is 65.5 Å². The van der Waals surface area contributed by atoms with Gasteiger partial charge in [0.2, 0.25) is 5.91 Å². The minimum Gasteiger partial charge on any atom is -0.349 e. The van der Waals surface area contributed by atoms with Crippen molar-refractivity contribution in [3.63, 3.8) is 0 Å². The van der Waals surface area contributed by atoms with Gasteiger partial charge < -0.3 is 10.3 Å². The Kier molecular flexibility index (Phi) is 5.56. The summed E-state index contributed by atoms with van der Waals surface area (Å²) in [4.78, 5) is 19.9. The third-order valence-corrected chi connectivity index (χ3v) is 5.23. The summed E-state index contributed by atoms with van der Waals surface area (Å²) < 4.78 is 26.3. The molecule has 0 fully saturated rings. The summed E-state index contributed by atoms with van der Waals surface area (Å²) in [5.41, 5.74) is 2.38. The lowest BCUT2D eigenvalue weighted by molar-refractivity contribution is -0.119. The molecule has 3 rings (SSSR count). The Morgan fingerprint density at radius 3 is 2.69 bits per heavy atom. The van der Waals surface area contributed by atoms with E-state index in [0.29, 0.717) is 5.56 Å². The fraction of sp³-hybridized carbons (Fsp3) is 0.263. The number of H-pyrrole nitrogens is 1. The number of carbonyl (C=O) groups is 1. The lowest BCUT2D eigenvalue weighted by Gasteiger charge is -2.15. The third kappa shape index (κ3) is 4.22. The first-order valence-corrected chi connectivity index (χ1v) is 9.29. The predicted octanol–water partition coefficient (Wildman–Crippen LogP) is 4.51. The molecule has 7 heteroatoms. The van der Waals surface area contributed by atoms with E-state index in [1.807, 2.05) is 31.2 Å². The molecular formula is C19H19F2N3OS. The number of aromatic nitrogens is 2. The van der Waals surface area contributed by atoms with Crippen LogP contribution in [0.25, 0.3) is 11.0 Å². The van der Waals surface area contributed by atoms with Crippen LogP contribution in [0.2, 0.25) is 0 Å². The number of hydrogen-bond acceptors (Lipinski definition) is 3. The second-order valence-corrected chi connectivity index (χ2v) is 7.38. The van der Waals surface area contributed by atoms with Crippen molar-refractivity contribution >= 4 is 28.7 Å². The third-order valence-electron chi connectivity index (χ3n) is 4.08. The fourth-order valence-electron chi connectivity index (χ4n) is 2.59. The zero-order valence-corrected chi connectivity index (χ0v) is 15.2. The second kappa shape index (κ2) is 7.86. The van der Waals surface area contributed by atoms with Gasteiger partial charge in [0.1, 0.15) is 5.82 Å². The van der Waals surface area contributed by atoms with E-state index in [1.165, 1.54) is 17.8 Å². The van der Waals surface area contributed by atoms with Crippen LogP contribution in [0.5, 0.6) is 0 Å². The van der Waals surface area contributed by atoms with Crippen molar-refractivity contribution in [1.82, 2.24) is 15.3 Å². The largest absolute Gasteiger partial charge is 0.349 e. The molecule has 136 valence electrons. The number of rotatable bonds is 6. The summed E-state index contributed by atoms with van der Waals surface area (Å²) >= 11 is 1.46. The van der Waals surface area contributed by atoms with Gasteiger partial charge in [-0.05, 0) is 43.7 Å². The molecule has 0 bridgehead atoms. The predicted molar refractivity (Wildman–Crippen MR) is 99.9 cm³/mol. The van der Waals surface area contributed by atoms with Gasteiger partial charge in [-0.25, -0.2) is 13.8 Å². The molecule has 0 aliphatic rings. The maximum Gasteiger partial charge on any atom is 0.230 e. The smallest absolute Gasteiger partial charge is 0.230 e. The van der Waals surface area contributed by atoms with E-state index < -0.39 is 17.7 Å². The summed E-state index contributed by atoms with van der Waals surface area (Å²) in [6, 6.07) is 11.0. The summed E-state index contributed by atoms with van der Waals surface area (Å²) in [5.74, 6) is -0.932. The van der Waals surface area contributed by atoms with E-state index in [9.17, 15) is 13.6 Å². The van der Waals surface area contributed by atoms with Crippen molar-refractivity contribution in [1.29, 1.82) is 0 Å². The minimum absolute atomic E-state index is 0.0201. The van der Waals surface area contributed by atoms with Crippen LogP contribution in [0.15, 0.2) is 42.5 Å². The number of carbonyl (C=O) groups excluding carboxylic acids is 1. The van der Waals surface area contributed by atoms with Crippen LogP contribution in [0.1, 0.15) is 36.5 Å². The lowest BCUT2D eigenvalue weighted by atomic mass is 10.1. The molecule has 0 aliphatic heterocycles. The molecule has 2 N–H and O–H groups in total. The Labute approximate surface area is 154 Å². The highest BCUT2D eigenvalue weighted by molar-refractivity contribution is 8.00. The molecule has 0 radical (unpaired) electrons. The highest BCUT2D eigenvalue weighted by Gasteiger charge is 2.16. The van der Waals surface area contributed by atoms with E-state index in [2.05, 4.69) is 15.3 Å². The average Bonchev–Trinajstić information content (AvgIpc) is 3.06. The molecule has 0 spiro atoms.